The van der Waals surface area contributed by atoms with Gasteiger partial charge in [0, 0.05) is 11.6 Å². The molecular formula is C13H10Cl3NO2S. The van der Waals surface area contributed by atoms with Gasteiger partial charge in [-0.2, -0.15) is 0 Å². The summed E-state index contributed by atoms with van der Waals surface area (Å²) in [6, 6.07) is 11.1. The van der Waals surface area contributed by atoms with Gasteiger partial charge in [0.15, 0.2) is 0 Å². The van der Waals surface area contributed by atoms with E-state index in [-0.39, 0.29) is 16.5 Å². The Labute approximate surface area is 132 Å². The van der Waals surface area contributed by atoms with E-state index < -0.39 is 10.0 Å². The van der Waals surface area contributed by atoms with Crippen molar-refractivity contribution in [3.05, 3.63) is 63.1 Å². The van der Waals surface area contributed by atoms with E-state index in [1.165, 1.54) is 18.2 Å². The van der Waals surface area contributed by atoms with Crippen LogP contribution in [-0.2, 0) is 16.6 Å². The van der Waals surface area contributed by atoms with E-state index >= 15 is 0 Å². The number of sulfonamides is 1. The quantitative estimate of drug-likeness (QED) is 0.901. The maximum absolute atomic E-state index is 12.1. The second-order valence-electron chi connectivity index (χ2n) is 4.03. The summed E-state index contributed by atoms with van der Waals surface area (Å²) in [5.41, 5.74) is 0.804. The van der Waals surface area contributed by atoms with Crippen molar-refractivity contribution in [3.8, 4) is 0 Å². The molecule has 0 spiro atoms. The average Bonchev–Trinajstić information content (AvgIpc) is 2.41. The summed E-state index contributed by atoms with van der Waals surface area (Å²) in [6.07, 6.45) is 0. The fourth-order valence-electron chi connectivity index (χ4n) is 1.51. The van der Waals surface area contributed by atoms with E-state index in [1.54, 1.807) is 24.3 Å². The fourth-order valence-corrected chi connectivity index (χ4v) is 3.04. The first-order chi connectivity index (χ1) is 9.38. The number of benzene rings is 2. The Hall–Kier alpha value is -0.780. The van der Waals surface area contributed by atoms with Gasteiger partial charge in [0.2, 0.25) is 10.0 Å². The molecule has 7 heteroatoms. The Kier molecular flexibility index (Phi) is 4.94. The normalized spacial score (nSPS) is 11.6. The van der Waals surface area contributed by atoms with Gasteiger partial charge in [0.25, 0.3) is 0 Å². The maximum Gasteiger partial charge on any atom is 0.240 e. The molecule has 0 aliphatic heterocycles. The minimum atomic E-state index is -3.63. The molecule has 1 N–H and O–H groups in total. The van der Waals surface area contributed by atoms with E-state index in [4.69, 9.17) is 34.8 Å². The van der Waals surface area contributed by atoms with Crippen LogP contribution in [0, 0.1) is 0 Å². The van der Waals surface area contributed by atoms with Gasteiger partial charge in [-0.15, -0.1) is 0 Å². The summed E-state index contributed by atoms with van der Waals surface area (Å²) in [4.78, 5) is 0.0702. The highest BCUT2D eigenvalue weighted by Gasteiger charge is 2.15. The molecule has 106 valence electrons. The summed E-state index contributed by atoms with van der Waals surface area (Å²) in [6.45, 7) is 0.166. The zero-order valence-electron chi connectivity index (χ0n) is 10.1. The van der Waals surface area contributed by atoms with Crippen LogP contribution in [0.2, 0.25) is 15.1 Å². The minimum Gasteiger partial charge on any atom is -0.207 e. The van der Waals surface area contributed by atoms with Crippen molar-refractivity contribution in [3.63, 3.8) is 0 Å². The molecule has 0 aliphatic rings. The molecule has 0 saturated heterocycles. The first-order valence-electron chi connectivity index (χ1n) is 5.58. The molecule has 20 heavy (non-hydrogen) atoms. The molecule has 0 bridgehead atoms. The first-order valence-corrected chi connectivity index (χ1v) is 8.19. The first kappa shape index (κ1) is 15.6. The molecule has 2 aromatic carbocycles. The third-order valence-electron chi connectivity index (χ3n) is 2.58. The van der Waals surface area contributed by atoms with Crippen LogP contribution < -0.4 is 4.72 Å². The van der Waals surface area contributed by atoms with Crippen LogP contribution in [0.1, 0.15) is 5.56 Å². The molecule has 0 atom stereocenters. The highest BCUT2D eigenvalue weighted by molar-refractivity contribution is 7.89. The van der Waals surface area contributed by atoms with E-state index in [0.29, 0.717) is 10.0 Å². The summed E-state index contributed by atoms with van der Waals surface area (Å²) in [5.74, 6) is 0. The van der Waals surface area contributed by atoms with E-state index in [1.807, 2.05) is 0 Å². The Bertz CT molecular complexity index is 715. The second kappa shape index (κ2) is 6.33. The van der Waals surface area contributed by atoms with Crippen LogP contribution >= 0.6 is 34.8 Å². The maximum atomic E-state index is 12.1. The van der Waals surface area contributed by atoms with Crippen LogP contribution in [-0.4, -0.2) is 8.42 Å². The van der Waals surface area contributed by atoms with E-state index in [9.17, 15) is 8.42 Å². The molecule has 0 heterocycles. The Balaban J connectivity index is 2.14. The lowest BCUT2D eigenvalue weighted by Gasteiger charge is -2.08. The summed E-state index contributed by atoms with van der Waals surface area (Å²) < 4.78 is 26.7. The highest BCUT2D eigenvalue weighted by Crippen LogP contribution is 2.24. The van der Waals surface area contributed by atoms with Crippen molar-refractivity contribution in [2.75, 3.05) is 0 Å². The van der Waals surface area contributed by atoms with Crippen LogP contribution in [0.15, 0.2) is 47.4 Å². The minimum absolute atomic E-state index is 0.0702. The summed E-state index contributed by atoms with van der Waals surface area (Å²) in [5, 5.41) is 1.10. The monoisotopic (exact) mass is 349 g/mol. The molecule has 0 unspecified atom stereocenters. The van der Waals surface area contributed by atoms with Crippen molar-refractivity contribution in [2.45, 2.75) is 11.4 Å². The van der Waals surface area contributed by atoms with Gasteiger partial charge in [-0.25, -0.2) is 13.1 Å². The lowest BCUT2D eigenvalue weighted by Crippen LogP contribution is -2.23. The zero-order valence-corrected chi connectivity index (χ0v) is 13.2. The van der Waals surface area contributed by atoms with Crippen LogP contribution in [0.25, 0.3) is 0 Å². The van der Waals surface area contributed by atoms with Crippen molar-refractivity contribution < 1.29 is 8.42 Å². The largest absolute Gasteiger partial charge is 0.240 e. The van der Waals surface area contributed by atoms with Gasteiger partial charge in [-0.3, -0.25) is 0 Å². The molecule has 0 fully saturated rings. The number of rotatable bonds is 4. The van der Waals surface area contributed by atoms with Crippen molar-refractivity contribution in [1.82, 2.24) is 4.72 Å². The van der Waals surface area contributed by atoms with Crippen molar-refractivity contribution in [2.24, 2.45) is 0 Å². The molecule has 0 saturated carbocycles. The van der Waals surface area contributed by atoms with E-state index in [2.05, 4.69) is 4.72 Å². The molecule has 0 radical (unpaired) electrons. The Morgan fingerprint density at radius 2 is 1.55 bits per heavy atom. The number of hydrogen-bond acceptors (Lipinski definition) is 2. The second-order valence-corrected chi connectivity index (χ2v) is 7.04. The van der Waals surface area contributed by atoms with Gasteiger partial charge >= 0.3 is 0 Å². The van der Waals surface area contributed by atoms with Gasteiger partial charge < -0.3 is 0 Å². The third-order valence-corrected chi connectivity index (χ3v) is 4.97. The Morgan fingerprint density at radius 1 is 0.900 bits per heavy atom. The topological polar surface area (TPSA) is 46.2 Å². The predicted molar refractivity (Wildman–Crippen MR) is 81.9 cm³/mol. The Morgan fingerprint density at radius 3 is 2.15 bits per heavy atom. The van der Waals surface area contributed by atoms with Gasteiger partial charge in [0.1, 0.15) is 0 Å². The molecule has 2 rings (SSSR count). The molecule has 3 nitrogen and oxygen atoms in total. The highest BCUT2D eigenvalue weighted by atomic mass is 35.5. The van der Waals surface area contributed by atoms with E-state index in [0.717, 1.165) is 5.56 Å². The van der Waals surface area contributed by atoms with Gasteiger partial charge in [-0.1, -0.05) is 46.9 Å². The summed E-state index contributed by atoms with van der Waals surface area (Å²) in [7, 11) is -3.63. The molecule has 0 aromatic heterocycles. The molecule has 2 aromatic rings. The van der Waals surface area contributed by atoms with Crippen LogP contribution in [0.3, 0.4) is 0 Å². The van der Waals surface area contributed by atoms with Crippen molar-refractivity contribution in [1.29, 1.82) is 0 Å². The zero-order chi connectivity index (χ0) is 14.8. The SMILES string of the molecule is O=S(=O)(NCc1ccc(Cl)cc1)c1ccc(Cl)c(Cl)c1. The molecular weight excluding hydrogens is 341 g/mol. The standard InChI is InChI=1S/C13H10Cl3NO2S/c14-10-3-1-9(2-4-10)8-17-20(18,19)11-5-6-12(15)13(16)7-11/h1-7,17H,8H2. The number of nitrogens with one attached hydrogen (secondary N) is 1. The van der Waals surface area contributed by atoms with Gasteiger partial charge in [-0.05, 0) is 35.9 Å². The number of halogens is 3. The average molecular weight is 351 g/mol. The van der Waals surface area contributed by atoms with Gasteiger partial charge in [0.05, 0.1) is 14.9 Å². The predicted octanol–water partition coefficient (Wildman–Crippen LogP) is 4.13. The summed E-state index contributed by atoms with van der Waals surface area (Å²) >= 11 is 17.3. The fraction of sp³-hybridized carbons (Fsp3) is 0.0769. The molecule has 0 aliphatic carbocycles. The third kappa shape index (κ3) is 3.87. The number of hydrogen-bond donors (Lipinski definition) is 1. The smallest absolute Gasteiger partial charge is 0.207 e. The molecule has 0 amide bonds. The lowest BCUT2D eigenvalue weighted by atomic mass is 10.2. The van der Waals surface area contributed by atoms with Crippen molar-refractivity contribution >= 4 is 44.8 Å². The van der Waals surface area contributed by atoms with Crippen LogP contribution in [0.4, 0.5) is 0 Å². The lowest BCUT2D eigenvalue weighted by molar-refractivity contribution is 0.581. The van der Waals surface area contributed by atoms with Crippen LogP contribution in [0.5, 0.6) is 0 Å².